The first-order chi connectivity index (χ1) is 17.6. The van der Waals surface area contributed by atoms with Gasteiger partial charge < -0.3 is 11.1 Å². The van der Waals surface area contributed by atoms with Gasteiger partial charge in [-0.05, 0) is 29.8 Å². The van der Waals surface area contributed by atoms with Gasteiger partial charge in [0, 0.05) is 16.8 Å². The maximum absolute atomic E-state index is 13.6. The molecule has 0 unspecified atom stereocenters. The molecule has 172 valence electrons. The summed E-state index contributed by atoms with van der Waals surface area (Å²) in [6, 6.07) is 30.1. The number of nitriles is 2. The van der Waals surface area contributed by atoms with E-state index in [1.165, 1.54) is 22.7 Å². The van der Waals surface area contributed by atoms with Crippen LogP contribution in [0.4, 0.5) is 16.4 Å². The summed E-state index contributed by atoms with van der Waals surface area (Å²) in [5.74, 6) is -0.302. The first-order valence-corrected chi connectivity index (χ1v) is 12.5. The summed E-state index contributed by atoms with van der Waals surface area (Å²) < 4.78 is 0.903. The van der Waals surface area contributed by atoms with Crippen LogP contribution >= 0.6 is 22.7 Å². The molecule has 2 heterocycles. The van der Waals surface area contributed by atoms with Crippen molar-refractivity contribution < 1.29 is 4.79 Å². The molecule has 0 fully saturated rings. The number of aromatic nitrogens is 1. The number of thiazole rings is 1. The van der Waals surface area contributed by atoms with Crippen molar-refractivity contribution in [3.05, 3.63) is 112 Å². The number of thiophene rings is 1. The Morgan fingerprint density at radius 1 is 0.861 bits per heavy atom. The predicted octanol–water partition coefficient (Wildman–Crippen LogP) is 6.76. The summed E-state index contributed by atoms with van der Waals surface area (Å²) in [6.45, 7) is 0. The summed E-state index contributed by atoms with van der Waals surface area (Å²) in [6.07, 6.45) is 0. The van der Waals surface area contributed by atoms with E-state index in [2.05, 4.69) is 10.3 Å². The first-order valence-electron chi connectivity index (χ1n) is 10.9. The van der Waals surface area contributed by atoms with Gasteiger partial charge in [0.05, 0.1) is 15.9 Å². The standard InChI is InChI=1S/C28H17N5OS2/c29-15-18(16-30)22(17-9-3-1-4-10-17)23-24(31)26(36-27(23)32-19-11-5-2-6-12-19)25(34)28-33-20-13-7-8-14-21(20)35-28/h1-14,32H,31H2. The molecule has 36 heavy (non-hydrogen) atoms. The van der Waals surface area contributed by atoms with Crippen LogP contribution in [0.1, 0.15) is 25.8 Å². The Kier molecular flexibility index (Phi) is 6.29. The van der Waals surface area contributed by atoms with Gasteiger partial charge in [-0.1, -0.05) is 60.7 Å². The van der Waals surface area contributed by atoms with E-state index in [1.807, 2.05) is 97.1 Å². The Hall–Kier alpha value is -4.76. The zero-order chi connectivity index (χ0) is 25.1. The molecule has 5 rings (SSSR count). The average molecular weight is 504 g/mol. The van der Waals surface area contributed by atoms with E-state index < -0.39 is 0 Å². The smallest absolute Gasteiger partial charge is 0.233 e. The number of nitrogens with two attached hydrogens (primary N) is 1. The van der Waals surface area contributed by atoms with Gasteiger partial charge in [0.25, 0.3) is 0 Å². The number of anilines is 3. The van der Waals surface area contributed by atoms with Gasteiger partial charge in [0.1, 0.15) is 27.6 Å². The van der Waals surface area contributed by atoms with Crippen molar-refractivity contribution in [2.45, 2.75) is 0 Å². The Bertz CT molecular complexity index is 1660. The molecule has 0 bridgehead atoms. The quantitative estimate of drug-likeness (QED) is 0.195. The van der Waals surface area contributed by atoms with Crippen LogP contribution in [0.5, 0.6) is 0 Å². The van der Waals surface area contributed by atoms with Crippen LogP contribution in [0.3, 0.4) is 0 Å². The van der Waals surface area contributed by atoms with Crippen molar-refractivity contribution >= 4 is 60.6 Å². The number of ketones is 1. The SMILES string of the molecule is N#CC(C#N)=C(c1ccccc1)c1c(Nc2ccccc2)sc(C(=O)c2nc3ccccc3s2)c1N. The number of fused-ring (bicyclic) bond motifs is 1. The van der Waals surface area contributed by atoms with E-state index >= 15 is 0 Å². The monoisotopic (exact) mass is 503 g/mol. The van der Waals surface area contributed by atoms with Crippen molar-refractivity contribution in [2.75, 3.05) is 11.1 Å². The minimum atomic E-state index is -0.302. The molecule has 0 aliphatic carbocycles. The van der Waals surface area contributed by atoms with Crippen molar-refractivity contribution in [1.82, 2.24) is 4.98 Å². The lowest BCUT2D eigenvalue weighted by molar-refractivity contribution is 0.104. The molecule has 0 saturated carbocycles. The number of hydrogen-bond donors (Lipinski definition) is 2. The maximum Gasteiger partial charge on any atom is 0.233 e. The number of hydrogen-bond acceptors (Lipinski definition) is 8. The molecular formula is C28H17N5OS2. The largest absolute Gasteiger partial charge is 0.397 e. The van der Waals surface area contributed by atoms with E-state index in [9.17, 15) is 15.3 Å². The number of benzene rings is 3. The summed E-state index contributed by atoms with van der Waals surface area (Å²) in [5.41, 5.74) is 9.73. The number of nitrogen functional groups attached to an aromatic ring is 1. The average Bonchev–Trinajstić information content (AvgIpc) is 3.49. The molecule has 0 amide bonds. The van der Waals surface area contributed by atoms with Crippen molar-refractivity contribution in [2.24, 2.45) is 0 Å². The van der Waals surface area contributed by atoms with Crippen LogP contribution in [0.25, 0.3) is 15.8 Å². The molecule has 3 N–H and O–H groups in total. The molecule has 6 nitrogen and oxygen atoms in total. The molecule has 3 aromatic carbocycles. The van der Waals surface area contributed by atoms with Gasteiger partial charge in [0.15, 0.2) is 5.01 Å². The number of nitrogens with zero attached hydrogens (tertiary/aromatic N) is 3. The first kappa shape index (κ1) is 23.0. The Labute approximate surface area is 215 Å². The number of carbonyl (C=O) groups excluding carboxylic acids is 1. The van der Waals surface area contributed by atoms with Gasteiger partial charge >= 0.3 is 0 Å². The van der Waals surface area contributed by atoms with E-state index in [0.717, 1.165) is 15.9 Å². The number of rotatable bonds is 6. The van der Waals surface area contributed by atoms with Crippen molar-refractivity contribution in [3.63, 3.8) is 0 Å². The molecule has 0 aliphatic heterocycles. The molecule has 8 heteroatoms. The topological polar surface area (TPSA) is 116 Å². The second-order valence-electron chi connectivity index (χ2n) is 7.70. The highest BCUT2D eigenvalue weighted by atomic mass is 32.1. The van der Waals surface area contributed by atoms with E-state index in [4.69, 9.17) is 5.73 Å². The summed E-state index contributed by atoms with van der Waals surface area (Å²) in [5, 5.41) is 23.8. The van der Waals surface area contributed by atoms with Gasteiger partial charge in [-0.2, -0.15) is 10.5 Å². The van der Waals surface area contributed by atoms with Crippen LogP contribution in [-0.2, 0) is 0 Å². The van der Waals surface area contributed by atoms with Crippen molar-refractivity contribution in [3.8, 4) is 12.1 Å². The van der Waals surface area contributed by atoms with E-state index in [0.29, 0.717) is 31.6 Å². The molecule has 2 aromatic heterocycles. The second-order valence-corrected chi connectivity index (χ2v) is 9.75. The molecule has 0 saturated heterocycles. The van der Waals surface area contributed by atoms with Crippen LogP contribution in [-0.4, -0.2) is 10.8 Å². The fourth-order valence-corrected chi connectivity index (χ4v) is 5.89. The lowest BCUT2D eigenvalue weighted by atomic mass is 9.93. The minimum Gasteiger partial charge on any atom is -0.397 e. The van der Waals surface area contributed by atoms with Crippen LogP contribution in [0, 0.1) is 22.7 Å². The molecule has 0 aliphatic rings. The van der Waals surface area contributed by atoms with Gasteiger partial charge in [-0.3, -0.25) is 4.79 Å². The number of carbonyl (C=O) groups is 1. The van der Waals surface area contributed by atoms with E-state index in [-0.39, 0.29) is 17.0 Å². The predicted molar refractivity (Wildman–Crippen MR) is 145 cm³/mol. The summed E-state index contributed by atoms with van der Waals surface area (Å²) in [7, 11) is 0. The zero-order valence-corrected chi connectivity index (χ0v) is 20.4. The van der Waals surface area contributed by atoms with Crippen LogP contribution in [0.15, 0.2) is 90.5 Å². The minimum absolute atomic E-state index is 0.0965. The third-order valence-corrected chi connectivity index (χ3v) is 7.61. The molecular weight excluding hydrogens is 486 g/mol. The van der Waals surface area contributed by atoms with E-state index in [1.54, 1.807) is 0 Å². The van der Waals surface area contributed by atoms with Crippen LogP contribution < -0.4 is 11.1 Å². The highest BCUT2D eigenvalue weighted by Gasteiger charge is 2.28. The Morgan fingerprint density at radius 2 is 1.50 bits per heavy atom. The fourth-order valence-electron chi connectivity index (χ4n) is 3.82. The zero-order valence-electron chi connectivity index (χ0n) is 18.7. The normalized spacial score (nSPS) is 10.4. The van der Waals surface area contributed by atoms with Gasteiger partial charge in [0.2, 0.25) is 5.78 Å². The number of para-hydroxylation sites is 2. The Morgan fingerprint density at radius 3 is 2.17 bits per heavy atom. The molecule has 5 aromatic rings. The molecule has 0 radical (unpaired) electrons. The molecule has 0 spiro atoms. The summed E-state index contributed by atoms with van der Waals surface area (Å²) >= 11 is 2.48. The lowest BCUT2D eigenvalue weighted by Gasteiger charge is -2.13. The third-order valence-electron chi connectivity index (χ3n) is 5.46. The number of allylic oxidation sites excluding steroid dienone is 1. The second kappa shape index (κ2) is 9.85. The third kappa shape index (κ3) is 4.23. The maximum atomic E-state index is 13.6. The van der Waals surface area contributed by atoms with Gasteiger partial charge in [-0.25, -0.2) is 4.98 Å². The molecule has 0 atom stereocenters. The van der Waals surface area contributed by atoms with Crippen molar-refractivity contribution in [1.29, 1.82) is 10.5 Å². The number of nitrogens with one attached hydrogen (secondary N) is 1. The Balaban J connectivity index is 1.73. The highest BCUT2D eigenvalue weighted by Crippen LogP contribution is 2.46. The van der Waals surface area contributed by atoms with Gasteiger partial charge in [-0.15, -0.1) is 22.7 Å². The summed E-state index contributed by atoms with van der Waals surface area (Å²) in [4.78, 5) is 18.4. The van der Waals surface area contributed by atoms with Crippen LogP contribution in [0.2, 0.25) is 0 Å². The lowest BCUT2D eigenvalue weighted by Crippen LogP contribution is -2.04. The fraction of sp³-hybridized carbons (Fsp3) is 0. The highest BCUT2D eigenvalue weighted by molar-refractivity contribution is 7.23.